The van der Waals surface area contributed by atoms with Gasteiger partial charge in [0.15, 0.2) is 0 Å². The van der Waals surface area contributed by atoms with Crippen molar-refractivity contribution in [2.24, 2.45) is 0 Å². The quantitative estimate of drug-likeness (QED) is 0.514. The van der Waals surface area contributed by atoms with Crippen LogP contribution in [0.4, 0.5) is 0 Å². The smallest absolute Gasteiger partial charge is 0.671 e. The van der Waals surface area contributed by atoms with Crippen molar-refractivity contribution < 1.29 is 32.9 Å². The maximum atomic E-state index is 9.47. The Kier molecular flexibility index (Phi) is 8.96. The summed E-state index contributed by atoms with van der Waals surface area (Å²) in [5.41, 5.74) is 0. The molecule has 0 heterocycles. The standard InChI is InChI=1S/C4H4O3.V/c1-4(2-5)7-3-6;/h4H,1H3;/q-2;+2. The van der Waals surface area contributed by atoms with Crippen molar-refractivity contribution >= 4 is 12.8 Å². The molecule has 4 heteroatoms. The van der Waals surface area contributed by atoms with Crippen LogP contribution in [0.1, 0.15) is 6.92 Å². The molecule has 0 bridgehead atoms. The van der Waals surface area contributed by atoms with Gasteiger partial charge in [0, 0.05) is 0 Å². The third kappa shape index (κ3) is 5.72. The Morgan fingerprint density at radius 1 is 1.50 bits per heavy atom. The normalized spacial score (nSPS) is 10.6. The molecule has 0 saturated heterocycles. The molecule has 0 amide bonds. The molecule has 0 aromatic carbocycles. The van der Waals surface area contributed by atoms with Crippen molar-refractivity contribution in [1.29, 1.82) is 0 Å². The topological polar surface area (TPSA) is 43.4 Å². The Hall–Kier alpha value is -0.276. The molecule has 0 aliphatic carbocycles. The largest absolute Gasteiger partial charge is 2.00 e. The van der Waals surface area contributed by atoms with Gasteiger partial charge in [-0.15, -0.1) is 0 Å². The molecule has 0 rings (SSSR count). The monoisotopic (exact) mass is 151 g/mol. The van der Waals surface area contributed by atoms with Gasteiger partial charge in [-0.05, 0) is 6.10 Å². The van der Waals surface area contributed by atoms with Crippen LogP contribution in [0.3, 0.4) is 0 Å². The first-order valence-corrected chi connectivity index (χ1v) is 1.71. The van der Waals surface area contributed by atoms with Gasteiger partial charge in [0.25, 0.3) is 0 Å². The van der Waals surface area contributed by atoms with E-state index < -0.39 is 6.10 Å². The molecule has 0 fully saturated rings. The number of rotatable bonds is 3. The van der Waals surface area contributed by atoms with Crippen molar-refractivity contribution in [3.8, 4) is 0 Å². The van der Waals surface area contributed by atoms with Gasteiger partial charge in [-0.2, -0.15) is 0 Å². The van der Waals surface area contributed by atoms with E-state index in [1.54, 1.807) is 0 Å². The first-order chi connectivity index (χ1) is 3.31. The van der Waals surface area contributed by atoms with Crippen LogP contribution in [0, 0.1) is 0 Å². The van der Waals surface area contributed by atoms with Crippen LogP contribution in [-0.2, 0) is 32.9 Å². The van der Waals surface area contributed by atoms with Gasteiger partial charge < -0.3 is 14.3 Å². The average molecular weight is 151 g/mol. The Morgan fingerprint density at radius 3 is 2.12 bits per heavy atom. The van der Waals surface area contributed by atoms with E-state index in [0.29, 0.717) is 0 Å². The first kappa shape index (κ1) is 10.7. The molecule has 0 aromatic rings. The van der Waals surface area contributed by atoms with Crippen molar-refractivity contribution in [2.45, 2.75) is 13.0 Å². The van der Waals surface area contributed by atoms with Crippen LogP contribution in [0.2, 0.25) is 0 Å². The third-order valence-electron chi connectivity index (χ3n) is 0.391. The minimum Gasteiger partial charge on any atom is -0.671 e. The zero-order chi connectivity index (χ0) is 5.70. The molecule has 0 saturated carbocycles. The summed E-state index contributed by atoms with van der Waals surface area (Å²) >= 11 is 0. The summed E-state index contributed by atoms with van der Waals surface area (Å²) in [6.07, 6.45) is 0.651. The van der Waals surface area contributed by atoms with E-state index in [9.17, 15) is 9.59 Å². The van der Waals surface area contributed by atoms with Crippen LogP contribution >= 0.6 is 0 Å². The summed E-state index contributed by atoms with van der Waals surface area (Å²) in [5.74, 6) is 0. The van der Waals surface area contributed by atoms with Gasteiger partial charge in [-0.1, -0.05) is 13.4 Å². The summed E-state index contributed by atoms with van der Waals surface area (Å²) < 4.78 is 3.96. The second-order valence-electron chi connectivity index (χ2n) is 0.961. The van der Waals surface area contributed by atoms with Gasteiger partial charge in [0.2, 0.25) is 0 Å². The summed E-state index contributed by atoms with van der Waals surface area (Å²) in [6.45, 7) is 2.51. The molecule has 0 aliphatic rings. The Bertz CT molecular complexity index is 73.7. The SMILES string of the molecule is CC([C-]=O)O[C-]=O.[V+2]. The average Bonchev–Trinajstić information content (AvgIpc) is 1.68. The van der Waals surface area contributed by atoms with E-state index in [1.807, 2.05) is 0 Å². The fraction of sp³-hybridized carbons (Fsp3) is 0.500. The summed E-state index contributed by atoms with van der Waals surface area (Å²) in [4.78, 5) is 18.7. The van der Waals surface area contributed by atoms with Crippen molar-refractivity contribution in [3.05, 3.63) is 0 Å². The van der Waals surface area contributed by atoms with Crippen LogP contribution < -0.4 is 0 Å². The van der Waals surface area contributed by atoms with Crippen LogP contribution in [0.25, 0.3) is 0 Å². The molecular weight excluding hydrogens is 147 g/mol. The van der Waals surface area contributed by atoms with E-state index >= 15 is 0 Å². The summed E-state index contributed by atoms with van der Waals surface area (Å²) in [7, 11) is 0. The molecule has 3 nitrogen and oxygen atoms in total. The molecule has 0 aliphatic heterocycles. The first-order valence-electron chi connectivity index (χ1n) is 1.71. The minimum absolute atomic E-state index is 0. The van der Waals surface area contributed by atoms with Gasteiger partial charge in [-0.3, -0.25) is 0 Å². The Balaban J connectivity index is 0. The predicted molar refractivity (Wildman–Crippen MR) is 21.9 cm³/mol. The van der Waals surface area contributed by atoms with E-state index in [-0.39, 0.29) is 18.6 Å². The molecular formula is C4H4O3V. The van der Waals surface area contributed by atoms with Gasteiger partial charge in [0.1, 0.15) is 0 Å². The number of carbonyl (C=O) groups excluding carboxylic acids is 2. The Morgan fingerprint density at radius 2 is 2.00 bits per heavy atom. The third-order valence-corrected chi connectivity index (χ3v) is 0.391. The second kappa shape index (κ2) is 6.72. The van der Waals surface area contributed by atoms with Crippen molar-refractivity contribution in [2.75, 3.05) is 0 Å². The van der Waals surface area contributed by atoms with Gasteiger partial charge >= 0.3 is 18.6 Å². The molecule has 1 atom stereocenters. The fourth-order valence-electron chi connectivity index (χ4n) is 0.0962. The van der Waals surface area contributed by atoms with Crippen molar-refractivity contribution in [1.82, 2.24) is 0 Å². The zero-order valence-electron chi connectivity index (χ0n) is 4.25. The van der Waals surface area contributed by atoms with E-state index in [4.69, 9.17) is 0 Å². The fourth-order valence-corrected chi connectivity index (χ4v) is 0.0962. The zero-order valence-corrected chi connectivity index (χ0v) is 5.65. The van der Waals surface area contributed by atoms with Crippen LogP contribution in [-0.4, -0.2) is 18.9 Å². The maximum Gasteiger partial charge on any atom is 2.00 e. The second-order valence-corrected chi connectivity index (χ2v) is 0.961. The minimum atomic E-state index is -0.780. The molecule has 1 radical (unpaired) electrons. The summed E-state index contributed by atoms with van der Waals surface area (Å²) in [6, 6.07) is 0. The van der Waals surface area contributed by atoms with E-state index in [0.717, 1.165) is 6.47 Å². The summed E-state index contributed by atoms with van der Waals surface area (Å²) in [5, 5.41) is 0. The van der Waals surface area contributed by atoms with Crippen LogP contribution in [0.5, 0.6) is 0 Å². The molecule has 0 spiro atoms. The molecule has 43 valence electrons. The molecule has 0 N–H and O–H groups in total. The van der Waals surface area contributed by atoms with Gasteiger partial charge in [0.05, 0.1) is 0 Å². The predicted octanol–water partition coefficient (Wildman–Crippen LogP) is -0.434. The molecule has 0 aromatic heterocycles. The van der Waals surface area contributed by atoms with E-state index in [1.165, 1.54) is 13.2 Å². The van der Waals surface area contributed by atoms with Gasteiger partial charge in [-0.25, -0.2) is 6.29 Å². The Labute approximate surface area is 59.3 Å². The maximum absolute atomic E-state index is 9.47. The molecule has 1 unspecified atom stereocenters. The number of ether oxygens (including phenoxy) is 1. The molecule has 8 heavy (non-hydrogen) atoms. The number of hydrogen-bond donors (Lipinski definition) is 0. The van der Waals surface area contributed by atoms with Crippen molar-refractivity contribution in [3.63, 3.8) is 0 Å². The van der Waals surface area contributed by atoms with E-state index in [2.05, 4.69) is 4.74 Å². The number of hydrogen-bond acceptors (Lipinski definition) is 3. The van der Waals surface area contributed by atoms with Crippen LogP contribution in [0.15, 0.2) is 0 Å².